The van der Waals surface area contributed by atoms with E-state index in [0.717, 1.165) is 42.9 Å². The standard InChI is InChI=1S/C21H29N3O4/c1-3-26-19-8-7-16(12-20(19)27-4-2)9-10-23-14-17(13-22)21(25)24-15-18-6-5-11-28-18/h7-8,12,14,18,23H,3-6,9-11,15H2,1-2H3,(H,24,25)/b17-14-. The van der Waals surface area contributed by atoms with Gasteiger partial charge in [0.2, 0.25) is 0 Å². The average Bonchev–Trinajstić information content (AvgIpc) is 3.22. The quantitative estimate of drug-likeness (QED) is 0.344. The van der Waals surface area contributed by atoms with E-state index in [-0.39, 0.29) is 17.6 Å². The minimum absolute atomic E-state index is 0.0519. The summed E-state index contributed by atoms with van der Waals surface area (Å²) < 4.78 is 16.7. The van der Waals surface area contributed by atoms with Gasteiger partial charge in [0.05, 0.1) is 19.3 Å². The molecule has 0 saturated carbocycles. The molecule has 1 aliphatic heterocycles. The number of nitrogens with zero attached hydrogens (tertiary/aromatic N) is 1. The first-order valence-corrected chi connectivity index (χ1v) is 9.79. The van der Waals surface area contributed by atoms with Crippen molar-refractivity contribution in [3.8, 4) is 17.6 Å². The fraction of sp³-hybridized carbons (Fsp3) is 0.524. The van der Waals surface area contributed by atoms with Gasteiger partial charge in [-0.25, -0.2) is 0 Å². The summed E-state index contributed by atoms with van der Waals surface area (Å²) in [4.78, 5) is 12.1. The highest BCUT2D eigenvalue weighted by Crippen LogP contribution is 2.28. The molecule has 0 radical (unpaired) electrons. The molecule has 1 aromatic carbocycles. The summed E-state index contributed by atoms with van der Waals surface area (Å²) >= 11 is 0. The van der Waals surface area contributed by atoms with Crippen molar-refractivity contribution in [2.24, 2.45) is 0 Å². The summed E-state index contributed by atoms with van der Waals surface area (Å²) in [6, 6.07) is 7.78. The summed E-state index contributed by atoms with van der Waals surface area (Å²) in [5.41, 5.74) is 1.13. The minimum atomic E-state index is -0.384. The number of amides is 1. The Morgan fingerprint density at radius 2 is 2.11 bits per heavy atom. The molecule has 2 rings (SSSR count). The van der Waals surface area contributed by atoms with Crippen LogP contribution in [0.15, 0.2) is 30.0 Å². The molecule has 1 aliphatic rings. The van der Waals surface area contributed by atoms with Gasteiger partial charge < -0.3 is 24.8 Å². The second-order valence-corrected chi connectivity index (χ2v) is 6.37. The van der Waals surface area contributed by atoms with Gasteiger partial charge >= 0.3 is 0 Å². The molecule has 2 N–H and O–H groups in total. The first kappa shape index (κ1) is 21.6. The zero-order valence-corrected chi connectivity index (χ0v) is 16.6. The van der Waals surface area contributed by atoms with Gasteiger partial charge in [0.25, 0.3) is 5.91 Å². The van der Waals surface area contributed by atoms with E-state index in [1.807, 2.05) is 38.1 Å². The van der Waals surface area contributed by atoms with Crippen molar-refractivity contribution in [2.75, 3.05) is 32.9 Å². The van der Waals surface area contributed by atoms with E-state index in [0.29, 0.717) is 26.3 Å². The number of hydrogen-bond donors (Lipinski definition) is 2. The highest BCUT2D eigenvalue weighted by atomic mass is 16.5. The van der Waals surface area contributed by atoms with Gasteiger partial charge in [-0.05, 0) is 50.8 Å². The molecule has 1 aromatic rings. The van der Waals surface area contributed by atoms with Gasteiger partial charge in [0.1, 0.15) is 11.6 Å². The summed E-state index contributed by atoms with van der Waals surface area (Å²) in [5.74, 6) is 1.07. The molecule has 1 amide bonds. The number of hydrogen-bond acceptors (Lipinski definition) is 6. The van der Waals surface area contributed by atoms with Crippen molar-refractivity contribution in [1.29, 1.82) is 5.26 Å². The van der Waals surface area contributed by atoms with Gasteiger partial charge in [-0.3, -0.25) is 4.79 Å². The van der Waals surface area contributed by atoms with Crippen molar-refractivity contribution in [3.05, 3.63) is 35.5 Å². The third-order valence-corrected chi connectivity index (χ3v) is 4.29. The highest BCUT2D eigenvalue weighted by molar-refractivity contribution is 5.97. The Balaban J connectivity index is 1.82. The molecule has 28 heavy (non-hydrogen) atoms. The molecule has 0 bridgehead atoms. The van der Waals surface area contributed by atoms with E-state index in [4.69, 9.17) is 14.2 Å². The van der Waals surface area contributed by atoms with Crippen LogP contribution in [0.5, 0.6) is 11.5 Å². The Morgan fingerprint density at radius 1 is 1.32 bits per heavy atom. The van der Waals surface area contributed by atoms with Gasteiger partial charge in [0.15, 0.2) is 11.5 Å². The lowest BCUT2D eigenvalue weighted by atomic mass is 10.1. The number of carbonyl (C=O) groups excluding carboxylic acids is 1. The number of carbonyl (C=O) groups is 1. The topological polar surface area (TPSA) is 92.6 Å². The highest BCUT2D eigenvalue weighted by Gasteiger charge is 2.17. The SMILES string of the molecule is CCOc1ccc(CCN/C=C(/C#N)C(=O)NCC2CCCO2)cc1OCC. The smallest absolute Gasteiger partial charge is 0.263 e. The van der Waals surface area contributed by atoms with Crippen LogP contribution in [0.2, 0.25) is 0 Å². The molecular formula is C21H29N3O4. The average molecular weight is 387 g/mol. The van der Waals surface area contributed by atoms with Crippen LogP contribution in [0, 0.1) is 11.3 Å². The zero-order valence-electron chi connectivity index (χ0n) is 16.6. The summed E-state index contributed by atoms with van der Waals surface area (Å²) in [5, 5.41) is 15.0. The third-order valence-electron chi connectivity index (χ3n) is 4.29. The van der Waals surface area contributed by atoms with Crippen molar-refractivity contribution >= 4 is 5.91 Å². The predicted molar refractivity (Wildman–Crippen MR) is 106 cm³/mol. The normalized spacial score (nSPS) is 16.3. The van der Waals surface area contributed by atoms with Crippen LogP contribution in [-0.4, -0.2) is 44.9 Å². The Kier molecular flexibility index (Phi) is 9.16. The van der Waals surface area contributed by atoms with Crippen molar-refractivity contribution in [1.82, 2.24) is 10.6 Å². The number of rotatable bonds is 11. The molecule has 1 heterocycles. The van der Waals surface area contributed by atoms with Crippen LogP contribution in [0.25, 0.3) is 0 Å². The van der Waals surface area contributed by atoms with Crippen molar-refractivity contribution in [2.45, 2.75) is 39.2 Å². The van der Waals surface area contributed by atoms with E-state index in [9.17, 15) is 10.1 Å². The van der Waals surface area contributed by atoms with Crippen molar-refractivity contribution in [3.63, 3.8) is 0 Å². The lowest BCUT2D eigenvalue weighted by Crippen LogP contribution is -2.33. The molecule has 0 aromatic heterocycles. The molecule has 0 aliphatic carbocycles. The number of benzene rings is 1. The molecule has 1 saturated heterocycles. The largest absolute Gasteiger partial charge is 0.490 e. The molecular weight excluding hydrogens is 358 g/mol. The first-order chi connectivity index (χ1) is 13.7. The van der Waals surface area contributed by atoms with Crippen LogP contribution in [0.3, 0.4) is 0 Å². The summed E-state index contributed by atoms with van der Waals surface area (Å²) in [6.07, 6.45) is 4.19. The number of nitriles is 1. The Hall–Kier alpha value is -2.72. The Bertz CT molecular complexity index is 706. The Morgan fingerprint density at radius 3 is 2.79 bits per heavy atom. The maximum Gasteiger partial charge on any atom is 0.263 e. The van der Waals surface area contributed by atoms with E-state index in [2.05, 4.69) is 10.6 Å². The summed E-state index contributed by atoms with van der Waals surface area (Å²) in [6.45, 7) is 6.77. The predicted octanol–water partition coefficient (Wildman–Crippen LogP) is 2.32. The lowest BCUT2D eigenvalue weighted by molar-refractivity contribution is -0.117. The molecule has 152 valence electrons. The van der Waals surface area contributed by atoms with Gasteiger partial charge in [-0.15, -0.1) is 0 Å². The van der Waals surface area contributed by atoms with Crippen molar-refractivity contribution < 1.29 is 19.0 Å². The molecule has 1 atom stereocenters. The maximum atomic E-state index is 12.1. The van der Waals surface area contributed by atoms with E-state index < -0.39 is 0 Å². The third kappa shape index (κ3) is 6.78. The fourth-order valence-corrected chi connectivity index (χ4v) is 2.90. The van der Waals surface area contributed by atoms with Gasteiger partial charge in [-0.1, -0.05) is 6.07 Å². The zero-order chi connectivity index (χ0) is 20.2. The second kappa shape index (κ2) is 11.9. The molecule has 0 spiro atoms. The van der Waals surface area contributed by atoms with Crippen LogP contribution in [0.1, 0.15) is 32.3 Å². The molecule has 1 fully saturated rings. The van der Waals surface area contributed by atoms with Crippen LogP contribution in [-0.2, 0) is 16.0 Å². The fourth-order valence-electron chi connectivity index (χ4n) is 2.90. The van der Waals surface area contributed by atoms with E-state index in [1.165, 1.54) is 6.20 Å². The maximum absolute atomic E-state index is 12.1. The monoisotopic (exact) mass is 387 g/mol. The summed E-state index contributed by atoms with van der Waals surface area (Å²) in [7, 11) is 0. The lowest BCUT2D eigenvalue weighted by Gasteiger charge is -2.12. The number of nitrogens with one attached hydrogen (secondary N) is 2. The molecule has 7 nitrogen and oxygen atoms in total. The second-order valence-electron chi connectivity index (χ2n) is 6.37. The van der Waals surface area contributed by atoms with E-state index in [1.54, 1.807) is 0 Å². The van der Waals surface area contributed by atoms with Crippen LogP contribution < -0.4 is 20.1 Å². The van der Waals surface area contributed by atoms with Crippen LogP contribution >= 0.6 is 0 Å². The van der Waals surface area contributed by atoms with Gasteiger partial charge in [0, 0.05) is 25.9 Å². The van der Waals surface area contributed by atoms with E-state index >= 15 is 0 Å². The Labute approximate surface area is 166 Å². The van der Waals surface area contributed by atoms with Crippen LogP contribution in [0.4, 0.5) is 0 Å². The number of ether oxygens (including phenoxy) is 3. The first-order valence-electron chi connectivity index (χ1n) is 9.79. The minimum Gasteiger partial charge on any atom is -0.490 e. The molecule has 1 unspecified atom stereocenters. The molecule has 7 heteroatoms. The van der Waals surface area contributed by atoms with Gasteiger partial charge in [-0.2, -0.15) is 5.26 Å².